The first-order valence-corrected chi connectivity index (χ1v) is 11.0. The van der Waals surface area contributed by atoms with Crippen LogP contribution in [0.3, 0.4) is 0 Å². The Hall–Kier alpha value is -4.50. The van der Waals surface area contributed by atoms with Crippen LogP contribution in [0, 0.1) is 0 Å². The molecule has 0 aliphatic carbocycles. The van der Waals surface area contributed by atoms with E-state index in [-0.39, 0.29) is 0 Å². The Kier molecular flexibility index (Phi) is 3.84. The standard InChI is InChI=1S/C30H19NO2/c1-2-8-20(9-3-1)31(21-14-16-29-25(18-21)23-10-4-6-12-27(23)32-29)22-15-17-30-26(19-22)24-11-5-7-13-28(24)33-30/h1-19H. The van der Waals surface area contributed by atoms with Gasteiger partial charge in [0.05, 0.1) is 0 Å². The van der Waals surface area contributed by atoms with Gasteiger partial charge >= 0.3 is 0 Å². The number of anilines is 3. The molecular formula is C30H19NO2. The molecule has 0 N–H and O–H groups in total. The fourth-order valence-electron chi connectivity index (χ4n) is 4.73. The maximum atomic E-state index is 6.06. The average Bonchev–Trinajstić information content (AvgIpc) is 3.43. The summed E-state index contributed by atoms with van der Waals surface area (Å²) in [5.41, 5.74) is 6.84. The first kappa shape index (κ1) is 18.1. The molecule has 7 rings (SSSR count). The summed E-state index contributed by atoms with van der Waals surface area (Å²) in [7, 11) is 0. The molecule has 33 heavy (non-hydrogen) atoms. The van der Waals surface area contributed by atoms with E-state index in [9.17, 15) is 0 Å². The number of benzene rings is 5. The third-order valence-corrected chi connectivity index (χ3v) is 6.25. The molecule has 3 nitrogen and oxygen atoms in total. The lowest BCUT2D eigenvalue weighted by Gasteiger charge is -2.25. The van der Waals surface area contributed by atoms with Gasteiger partial charge in [0.25, 0.3) is 0 Å². The quantitative estimate of drug-likeness (QED) is 0.283. The highest BCUT2D eigenvalue weighted by atomic mass is 16.3. The Morgan fingerprint density at radius 3 is 1.36 bits per heavy atom. The minimum absolute atomic E-state index is 0.893. The number of hydrogen-bond acceptors (Lipinski definition) is 3. The summed E-state index contributed by atoms with van der Waals surface area (Å²) in [5.74, 6) is 0. The zero-order valence-corrected chi connectivity index (χ0v) is 17.7. The van der Waals surface area contributed by atoms with Crippen molar-refractivity contribution >= 4 is 60.9 Å². The monoisotopic (exact) mass is 425 g/mol. The molecule has 0 atom stereocenters. The van der Waals surface area contributed by atoms with Crippen LogP contribution in [0.5, 0.6) is 0 Å². The molecule has 2 aromatic heterocycles. The first-order valence-electron chi connectivity index (χ1n) is 11.0. The van der Waals surface area contributed by atoms with Gasteiger partial charge in [0.1, 0.15) is 22.3 Å². The average molecular weight is 425 g/mol. The summed E-state index contributed by atoms with van der Waals surface area (Å²) in [4.78, 5) is 2.28. The van der Waals surface area contributed by atoms with E-state index in [1.165, 1.54) is 0 Å². The highest BCUT2D eigenvalue weighted by Crippen LogP contribution is 2.40. The third-order valence-electron chi connectivity index (χ3n) is 6.25. The summed E-state index contributed by atoms with van der Waals surface area (Å²) >= 11 is 0. The maximum absolute atomic E-state index is 6.06. The third kappa shape index (κ3) is 2.83. The van der Waals surface area contributed by atoms with Crippen molar-refractivity contribution in [2.45, 2.75) is 0 Å². The SMILES string of the molecule is c1ccc(N(c2ccc3oc4ccccc4c3c2)c2ccc3oc4ccccc4c3c2)cc1. The number of rotatable bonds is 3. The van der Waals surface area contributed by atoms with Crippen molar-refractivity contribution < 1.29 is 8.83 Å². The van der Waals surface area contributed by atoms with Crippen LogP contribution < -0.4 is 4.90 Å². The van der Waals surface area contributed by atoms with Crippen molar-refractivity contribution in [3.63, 3.8) is 0 Å². The van der Waals surface area contributed by atoms with Gasteiger partial charge < -0.3 is 13.7 Å². The Labute approximate surface area is 190 Å². The molecule has 0 unspecified atom stereocenters. The molecule has 0 spiro atoms. The van der Waals surface area contributed by atoms with E-state index in [1.807, 2.05) is 30.3 Å². The topological polar surface area (TPSA) is 29.5 Å². The van der Waals surface area contributed by atoms with Crippen molar-refractivity contribution in [3.05, 3.63) is 115 Å². The molecule has 0 aliphatic rings. The van der Waals surface area contributed by atoms with E-state index >= 15 is 0 Å². The molecule has 3 heteroatoms. The van der Waals surface area contributed by atoms with Gasteiger partial charge in [-0.3, -0.25) is 0 Å². The van der Waals surface area contributed by atoms with Crippen molar-refractivity contribution in [2.24, 2.45) is 0 Å². The molecule has 7 aromatic rings. The minimum Gasteiger partial charge on any atom is -0.456 e. The maximum Gasteiger partial charge on any atom is 0.135 e. The van der Waals surface area contributed by atoms with E-state index in [4.69, 9.17) is 8.83 Å². The van der Waals surface area contributed by atoms with Crippen LogP contribution in [0.2, 0.25) is 0 Å². The minimum atomic E-state index is 0.893. The molecule has 0 aliphatic heterocycles. The lowest BCUT2D eigenvalue weighted by molar-refractivity contribution is 0.668. The molecule has 0 amide bonds. The highest BCUT2D eigenvalue weighted by molar-refractivity contribution is 6.08. The van der Waals surface area contributed by atoms with Crippen molar-refractivity contribution in [1.29, 1.82) is 0 Å². The van der Waals surface area contributed by atoms with Gasteiger partial charge in [0, 0.05) is 38.6 Å². The van der Waals surface area contributed by atoms with Crippen LogP contribution >= 0.6 is 0 Å². The molecule has 0 saturated heterocycles. The van der Waals surface area contributed by atoms with E-state index in [1.54, 1.807) is 0 Å². The lowest BCUT2D eigenvalue weighted by Crippen LogP contribution is -2.09. The fraction of sp³-hybridized carbons (Fsp3) is 0. The Morgan fingerprint density at radius 2 is 0.818 bits per heavy atom. The van der Waals surface area contributed by atoms with Gasteiger partial charge in [-0.2, -0.15) is 0 Å². The molecular weight excluding hydrogens is 406 g/mol. The van der Waals surface area contributed by atoms with E-state index in [0.717, 1.165) is 60.9 Å². The molecule has 2 heterocycles. The first-order chi connectivity index (χ1) is 16.3. The molecule has 0 fully saturated rings. The predicted molar refractivity (Wildman–Crippen MR) is 136 cm³/mol. The largest absolute Gasteiger partial charge is 0.456 e. The zero-order chi connectivity index (χ0) is 21.8. The summed E-state index contributed by atoms with van der Waals surface area (Å²) < 4.78 is 12.1. The highest BCUT2D eigenvalue weighted by Gasteiger charge is 2.17. The van der Waals surface area contributed by atoms with Crippen LogP contribution in [0.25, 0.3) is 43.9 Å². The second-order valence-corrected chi connectivity index (χ2v) is 8.23. The smallest absolute Gasteiger partial charge is 0.135 e. The van der Waals surface area contributed by atoms with Crippen LogP contribution in [0.15, 0.2) is 124 Å². The van der Waals surface area contributed by atoms with Crippen LogP contribution in [-0.2, 0) is 0 Å². The second-order valence-electron chi connectivity index (χ2n) is 8.23. The van der Waals surface area contributed by atoms with Crippen molar-refractivity contribution in [3.8, 4) is 0 Å². The Morgan fingerprint density at radius 1 is 0.364 bits per heavy atom. The Bertz CT molecular complexity index is 1660. The van der Waals surface area contributed by atoms with Gasteiger partial charge in [-0.1, -0.05) is 54.6 Å². The number of nitrogens with zero attached hydrogens (tertiary/aromatic N) is 1. The van der Waals surface area contributed by atoms with Gasteiger partial charge in [0.15, 0.2) is 0 Å². The van der Waals surface area contributed by atoms with Crippen LogP contribution in [-0.4, -0.2) is 0 Å². The lowest BCUT2D eigenvalue weighted by atomic mass is 10.1. The molecule has 0 bridgehead atoms. The molecule has 156 valence electrons. The Balaban J connectivity index is 1.48. The van der Waals surface area contributed by atoms with E-state index in [2.05, 4.69) is 89.8 Å². The summed E-state index contributed by atoms with van der Waals surface area (Å²) in [6.45, 7) is 0. The van der Waals surface area contributed by atoms with E-state index < -0.39 is 0 Å². The summed E-state index contributed by atoms with van der Waals surface area (Å²) in [5, 5.41) is 4.47. The molecule has 0 saturated carbocycles. The molecule has 0 radical (unpaired) electrons. The van der Waals surface area contributed by atoms with Gasteiger partial charge in [0.2, 0.25) is 0 Å². The predicted octanol–water partition coefficient (Wildman–Crippen LogP) is 8.96. The summed E-state index contributed by atoms with van der Waals surface area (Å²) in [6, 6.07) is 39.6. The van der Waals surface area contributed by atoms with Crippen LogP contribution in [0.4, 0.5) is 17.1 Å². The molecule has 5 aromatic carbocycles. The van der Waals surface area contributed by atoms with Gasteiger partial charge in [-0.05, 0) is 60.7 Å². The number of para-hydroxylation sites is 3. The normalized spacial score (nSPS) is 11.6. The number of fused-ring (bicyclic) bond motifs is 6. The van der Waals surface area contributed by atoms with Gasteiger partial charge in [-0.15, -0.1) is 0 Å². The van der Waals surface area contributed by atoms with Crippen molar-refractivity contribution in [2.75, 3.05) is 4.90 Å². The zero-order valence-electron chi connectivity index (χ0n) is 17.7. The number of hydrogen-bond donors (Lipinski definition) is 0. The van der Waals surface area contributed by atoms with Gasteiger partial charge in [-0.25, -0.2) is 0 Å². The summed E-state index contributed by atoms with van der Waals surface area (Å²) in [6.07, 6.45) is 0. The number of furan rings is 2. The fourth-order valence-corrected chi connectivity index (χ4v) is 4.73. The second kappa shape index (κ2) is 7.01. The van der Waals surface area contributed by atoms with Crippen LogP contribution in [0.1, 0.15) is 0 Å². The van der Waals surface area contributed by atoms with E-state index in [0.29, 0.717) is 0 Å². The van der Waals surface area contributed by atoms with Crippen molar-refractivity contribution in [1.82, 2.24) is 0 Å².